The molecule has 116 valence electrons. The molecule has 0 amide bonds. The zero-order valence-electron chi connectivity index (χ0n) is 12.5. The number of fused-ring (bicyclic) bond motifs is 1. The minimum atomic E-state index is -3.48. The first-order chi connectivity index (χ1) is 10.5. The SMILES string of the molecule is CC(C)Cn1ccnc1CN=C1NS(=O)(=O)c2ccccc21. The number of amidine groups is 1. The molecule has 0 radical (unpaired) electrons. The van der Waals surface area contributed by atoms with Gasteiger partial charge in [-0.3, -0.25) is 9.71 Å². The van der Waals surface area contributed by atoms with E-state index in [2.05, 4.69) is 28.5 Å². The van der Waals surface area contributed by atoms with Gasteiger partial charge in [0.25, 0.3) is 10.0 Å². The van der Waals surface area contributed by atoms with E-state index in [1.165, 1.54) is 0 Å². The van der Waals surface area contributed by atoms with E-state index < -0.39 is 10.0 Å². The summed E-state index contributed by atoms with van der Waals surface area (Å²) in [4.78, 5) is 8.99. The van der Waals surface area contributed by atoms with Crippen molar-refractivity contribution in [1.29, 1.82) is 0 Å². The summed E-state index contributed by atoms with van der Waals surface area (Å²) in [6.07, 6.45) is 3.66. The van der Waals surface area contributed by atoms with Crippen molar-refractivity contribution in [1.82, 2.24) is 14.3 Å². The lowest BCUT2D eigenvalue weighted by molar-refractivity contribution is 0.507. The summed E-state index contributed by atoms with van der Waals surface area (Å²) in [6, 6.07) is 6.85. The molecule has 3 rings (SSSR count). The predicted molar refractivity (Wildman–Crippen MR) is 84.1 cm³/mol. The Kier molecular flexibility index (Phi) is 3.74. The van der Waals surface area contributed by atoms with Crippen molar-refractivity contribution in [2.75, 3.05) is 0 Å². The van der Waals surface area contributed by atoms with E-state index in [1.807, 2.05) is 10.8 Å². The molecule has 0 bridgehead atoms. The molecule has 1 N–H and O–H groups in total. The molecule has 0 fully saturated rings. The van der Waals surface area contributed by atoms with Crippen LogP contribution in [0.2, 0.25) is 0 Å². The summed E-state index contributed by atoms with van der Waals surface area (Å²) in [6.45, 7) is 5.47. The molecular weight excluding hydrogens is 300 g/mol. The summed E-state index contributed by atoms with van der Waals surface area (Å²) in [7, 11) is -3.48. The first-order valence-electron chi connectivity index (χ1n) is 7.14. The Hall–Kier alpha value is -2.15. The van der Waals surface area contributed by atoms with E-state index >= 15 is 0 Å². The molecule has 0 spiro atoms. The van der Waals surface area contributed by atoms with Gasteiger partial charge in [0.2, 0.25) is 0 Å². The van der Waals surface area contributed by atoms with Crippen LogP contribution in [-0.4, -0.2) is 23.8 Å². The van der Waals surface area contributed by atoms with Crippen LogP contribution in [0.5, 0.6) is 0 Å². The predicted octanol–water partition coefficient (Wildman–Crippen LogP) is 1.78. The number of hydrogen-bond donors (Lipinski definition) is 1. The maximum atomic E-state index is 12.0. The lowest BCUT2D eigenvalue weighted by atomic mass is 10.2. The Balaban J connectivity index is 1.88. The van der Waals surface area contributed by atoms with Gasteiger partial charge in [-0.1, -0.05) is 26.0 Å². The van der Waals surface area contributed by atoms with Crippen LogP contribution in [0.4, 0.5) is 0 Å². The first kappa shape index (κ1) is 14.8. The molecule has 0 saturated heterocycles. The van der Waals surface area contributed by atoms with Gasteiger partial charge in [-0.05, 0) is 18.1 Å². The molecule has 0 aliphatic carbocycles. The maximum Gasteiger partial charge on any atom is 0.263 e. The number of nitrogens with one attached hydrogen (secondary N) is 1. The average Bonchev–Trinajstić information content (AvgIpc) is 2.99. The van der Waals surface area contributed by atoms with Crippen LogP contribution in [0, 0.1) is 5.92 Å². The van der Waals surface area contributed by atoms with Crippen molar-refractivity contribution in [3.8, 4) is 0 Å². The average molecular weight is 318 g/mol. The monoisotopic (exact) mass is 318 g/mol. The quantitative estimate of drug-likeness (QED) is 0.933. The number of hydrogen-bond acceptors (Lipinski definition) is 4. The van der Waals surface area contributed by atoms with E-state index in [0.29, 0.717) is 23.9 Å². The Morgan fingerprint density at radius 1 is 1.32 bits per heavy atom. The largest absolute Gasteiger partial charge is 0.333 e. The van der Waals surface area contributed by atoms with Gasteiger partial charge in [-0.15, -0.1) is 0 Å². The molecule has 0 unspecified atom stereocenters. The fourth-order valence-corrected chi connectivity index (χ4v) is 3.70. The van der Waals surface area contributed by atoms with Gasteiger partial charge in [0.15, 0.2) is 0 Å². The van der Waals surface area contributed by atoms with Gasteiger partial charge in [-0.2, -0.15) is 0 Å². The maximum absolute atomic E-state index is 12.0. The van der Waals surface area contributed by atoms with Crippen molar-refractivity contribution >= 4 is 15.9 Å². The van der Waals surface area contributed by atoms with E-state index in [0.717, 1.165) is 12.4 Å². The second kappa shape index (κ2) is 5.57. The minimum absolute atomic E-state index is 0.277. The van der Waals surface area contributed by atoms with Crippen molar-refractivity contribution < 1.29 is 8.42 Å². The van der Waals surface area contributed by atoms with Gasteiger partial charge in [0.1, 0.15) is 11.7 Å². The van der Waals surface area contributed by atoms with Crippen molar-refractivity contribution in [3.63, 3.8) is 0 Å². The summed E-state index contributed by atoms with van der Waals surface area (Å²) in [5.74, 6) is 1.71. The van der Waals surface area contributed by atoms with Crippen LogP contribution >= 0.6 is 0 Å². The van der Waals surface area contributed by atoms with Crippen molar-refractivity contribution in [3.05, 3.63) is 48.0 Å². The fourth-order valence-electron chi connectivity index (χ4n) is 2.45. The van der Waals surface area contributed by atoms with Gasteiger partial charge < -0.3 is 4.57 Å². The number of nitrogens with zero attached hydrogens (tertiary/aromatic N) is 3. The second-order valence-electron chi connectivity index (χ2n) is 5.66. The number of benzene rings is 1. The third kappa shape index (κ3) is 2.76. The highest BCUT2D eigenvalue weighted by Gasteiger charge is 2.30. The summed E-state index contributed by atoms with van der Waals surface area (Å²) in [5.41, 5.74) is 0.615. The molecule has 1 aliphatic rings. The molecule has 1 aromatic carbocycles. The standard InChI is InChI=1S/C15H18N4O2S/c1-11(2)10-19-8-7-16-14(19)9-17-15-12-5-3-4-6-13(12)22(20,21)18-15/h3-8,11H,9-10H2,1-2H3,(H,17,18). The Labute approximate surface area is 130 Å². The Bertz CT molecular complexity index is 822. The van der Waals surface area contributed by atoms with Crippen LogP contribution in [0.1, 0.15) is 25.2 Å². The van der Waals surface area contributed by atoms with E-state index in [1.54, 1.807) is 30.5 Å². The lowest BCUT2D eigenvalue weighted by Gasteiger charge is -2.09. The summed E-state index contributed by atoms with van der Waals surface area (Å²) < 4.78 is 28.6. The van der Waals surface area contributed by atoms with Crippen LogP contribution in [0.15, 0.2) is 46.5 Å². The lowest BCUT2D eigenvalue weighted by Crippen LogP contribution is -2.22. The van der Waals surface area contributed by atoms with Crippen LogP contribution in [-0.2, 0) is 23.1 Å². The Morgan fingerprint density at radius 3 is 2.86 bits per heavy atom. The van der Waals surface area contributed by atoms with Crippen LogP contribution in [0.25, 0.3) is 0 Å². The Morgan fingerprint density at radius 2 is 2.09 bits per heavy atom. The highest BCUT2D eigenvalue weighted by molar-refractivity contribution is 7.90. The van der Waals surface area contributed by atoms with E-state index in [-0.39, 0.29) is 4.90 Å². The molecule has 2 heterocycles. The van der Waals surface area contributed by atoms with Gasteiger partial charge >= 0.3 is 0 Å². The van der Waals surface area contributed by atoms with Crippen LogP contribution in [0.3, 0.4) is 0 Å². The molecule has 0 saturated carbocycles. The molecule has 22 heavy (non-hydrogen) atoms. The number of imidazole rings is 1. The molecule has 1 aromatic heterocycles. The zero-order valence-corrected chi connectivity index (χ0v) is 13.3. The molecule has 0 atom stereocenters. The molecular formula is C15H18N4O2S. The third-order valence-corrected chi connectivity index (χ3v) is 4.80. The number of aliphatic imine (C=N–C) groups is 1. The van der Waals surface area contributed by atoms with E-state index in [4.69, 9.17) is 0 Å². The zero-order chi connectivity index (χ0) is 15.7. The summed E-state index contributed by atoms with van der Waals surface area (Å²) >= 11 is 0. The highest BCUT2D eigenvalue weighted by Crippen LogP contribution is 2.22. The number of rotatable bonds is 4. The van der Waals surface area contributed by atoms with Crippen molar-refractivity contribution in [2.24, 2.45) is 10.9 Å². The van der Waals surface area contributed by atoms with Gasteiger partial charge in [0, 0.05) is 24.5 Å². The first-order valence-corrected chi connectivity index (χ1v) is 8.62. The highest BCUT2D eigenvalue weighted by atomic mass is 32.2. The van der Waals surface area contributed by atoms with Crippen molar-refractivity contribution in [2.45, 2.75) is 31.8 Å². The number of aromatic nitrogens is 2. The fraction of sp³-hybridized carbons (Fsp3) is 0.333. The molecule has 2 aromatic rings. The van der Waals surface area contributed by atoms with Gasteiger partial charge in [-0.25, -0.2) is 13.4 Å². The van der Waals surface area contributed by atoms with Gasteiger partial charge in [0.05, 0.1) is 11.4 Å². The minimum Gasteiger partial charge on any atom is -0.333 e. The second-order valence-corrected chi connectivity index (χ2v) is 7.31. The third-order valence-electron chi connectivity index (χ3n) is 3.40. The number of sulfonamides is 1. The smallest absolute Gasteiger partial charge is 0.263 e. The normalized spacial score (nSPS) is 17.7. The van der Waals surface area contributed by atoms with E-state index in [9.17, 15) is 8.42 Å². The molecule has 1 aliphatic heterocycles. The van der Waals surface area contributed by atoms with Crippen LogP contribution < -0.4 is 4.72 Å². The summed E-state index contributed by atoms with van der Waals surface area (Å²) in [5, 5.41) is 0. The molecule has 6 nitrogen and oxygen atoms in total. The molecule has 7 heteroatoms. The topological polar surface area (TPSA) is 76.3 Å².